The molecule has 2 aromatic rings. The standard InChI is InChI=1S/C19H25N3O3S/c23-17(20-13-14-7-6-12-25-14)10-2-1-5-11-22-18(24)15-8-3-4-9-16(15)21-19(22)26/h3-4,8-9,14H,1-2,5-7,10-13H2,(H,20,23)(H,21,26). The number of hydrogen-bond acceptors (Lipinski definition) is 4. The molecule has 2 heterocycles. The normalized spacial score (nSPS) is 16.8. The summed E-state index contributed by atoms with van der Waals surface area (Å²) in [7, 11) is 0. The van der Waals surface area contributed by atoms with Crippen molar-refractivity contribution in [2.24, 2.45) is 0 Å². The summed E-state index contributed by atoms with van der Waals surface area (Å²) in [6.07, 6.45) is 5.29. The van der Waals surface area contributed by atoms with Crippen molar-refractivity contribution in [3.63, 3.8) is 0 Å². The third kappa shape index (κ3) is 4.80. The highest BCUT2D eigenvalue weighted by molar-refractivity contribution is 7.71. The number of carbonyl (C=O) groups is 1. The van der Waals surface area contributed by atoms with Crippen molar-refractivity contribution in [3.05, 3.63) is 39.4 Å². The molecule has 6 nitrogen and oxygen atoms in total. The number of ether oxygens (including phenoxy) is 1. The van der Waals surface area contributed by atoms with Crippen LogP contribution in [0.2, 0.25) is 0 Å². The summed E-state index contributed by atoms with van der Waals surface area (Å²) in [5.41, 5.74) is 0.709. The molecule has 26 heavy (non-hydrogen) atoms. The van der Waals surface area contributed by atoms with Crippen LogP contribution in [0, 0.1) is 4.77 Å². The molecule has 0 aliphatic carbocycles. The zero-order chi connectivity index (χ0) is 18.4. The van der Waals surface area contributed by atoms with Crippen molar-refractivity contribution < 1.29 is 9.53 Å². The summed E-state index contributed by atoms with van der Waals surface area (Å²) >= 11 is 5.30. The molecule has 1 fully saturated rings. The predicted octanol–water partition coefficient (Wildman–Crippen LogP) is 2.91. The molecule has 1 aromatic heterocycles. The van der Waals surface area contributed by atoms with Gasteiger partial charge < -0.3 is 15.0 Å². The topological polar surface area (TPSA) is 76.1 Å². The maximum absolute atomic E-state index is 12.5. The van der Waals surface area contributed by atoms with Crippen LogP contribution in [-0.2, 0) is 16.1 Å². The van der Waals surface area contributed by atoms with Crippen molar-refractivity contribution >= 4 is 29.0 Å². The van der Waals surface area contributed by atoms with Gasteiger partial charge in [-0.2, -0.15) is 0 Å². The molecular weight excluding hydrogens is 350 g/mol. The lowest BCUT2D eigenvalue weighted by Gasteiger charge is -2.11. The minimum Gasteiger partial charge on any atom is -0.376 e. The first-order valence-electron chi connectivity index (χ1n) is 9.25. The Morgan fingerprint density at radius 3 is 2.96 bits per heavy atom. The first-order chi connectivity index (χ1) is 12.6. The molecule has 0 spiro atoms. The Balaban J connectivity index is 1.42. The number of unbranched alkanes of at least 4 members (excludes halogenated alkanes) is 2. The van der Waals surface area contributed by atoms with Gasteiger partial charge in [-0.25, -0.2) is 0 Å². The summed E-state index contributed by atoms with van der Waals surface area (Å²) in [6.45, 7) is 1.98. The Kier molecular flexibility index (Phi) is 6.57. The number of aromatic nitrogens is 2. The predicted molar refractivity (Wildman–Crippen MR) is 104 cm³/mol. The molecule has 7 heteroatoms. The van der Waals surface area contributed by atoms with E-state index in [0.29, 0.717) is 29.7 Å². The van der Waals surface area contributed by atoms with Crippen LogP contribution in [0.4, 0.5) is 0 Å². The smallest absolute Gasteiger partial charge is 0.262 e. The van der Waals surface area contributed by atoms with Crippen LogP contribution in [0.5, 0.6) is 0 Å². The zero-order valence-corrected chi connectivity index (χ0v) is 15.6. The number of amides is 1. The zero-order valence-electron chi connectivity index (χ0n) is 14.8. The first-order valence-corrected chi connectivity index (χ1v) is 9.66. The second-order valence-electron chi connectivity index (χ2n) is 6.68. The molecule has 1 aliphatic heterocycles. The number of aromatic amines is 1. The molecule has 0 saturated carbocycles. The maximum Gasteiger partial charge on any atom is 0.262 e. The van der Waals surface area contributed by atoms with Crippen LogP contribution < -0.4 is 10.9 Å². The summed E-state index contributed by atoms with van der Waals surface area (Å²) < 4.78 is 7.54. The SMILES string of the molecule is O=C(CCCCCn1c(=S)[nH]c2ccccc2c1=O)NCC1CCCO1. The van der Waals surface area contributed by atoms with E-state index in [2.05, 4.69) is 10.3 Å². The number of nitrogens with one attached hydrogen (secondary N) is 2. The minimum absolute atomic E-state index is 0.0568. The van der Waals surface area contributed by atoms with Gasteiger partial charge in [0.15, 0.2) is 4.77 Å². The van der Waals surface area contributed by atoms with Gasteiger partial charge in [0.1, 0.15) is 0 Å². The number of benzene rings is 1. The van der Waals surface area contributed by atoms with Crippen LogP contribution in [0.3, 0.4) is 0 Å². The van der Waals surface area contributed by atoms with Gasteiger partial charge in [0.25, 0.3) is 5.56 Å². The molecule has 3 rings (SSSR count). The highest BCUT2D eigenvalue weighted by Crippen LogP contribution is 2.11. The fourth-order valence-electron chi connectivity index (χ4n) is 3.26. The van der Waals surface area contributed by atoms with E-state index in [-0.39, 0.29) is 17.6 Å². The number of nitrogens with zero attached hydrogens (tertiary/aromatic N) is 1. The largest absolute Gasteiger partial charge is 0.376 e. The lowest BCUT2D eigenvalue weighted by atomic mass is 10.1. The average molecular weight is 375 g/mol. The molecule has 140 valence electrons. The third-order valence-electron chi connectivity index (χ3n) is 4.73. The minimum atomic E-state index is -0.0568. The number of rotatable bonds is 8. The Hall–Kier alpha value is -1.99. The lowest BCUT2D eigenvalue weighted by Crippen LogP contribution is -2.31. The van der Waals surface area contributed by atoms with E-state index in [4.69, 9.17) is 17.0 Å². The van der Waals surface area contributed by atoms with Gasteiger partial charge in [0.2, 0.25) is 5.91 Å². The van der Waals surface area contributed by atoms with Gasteiger partial charge in [-0.15, -0.1) is 0 Å². The number of carbonyl (C=O) groups excluding carboxylic acids is 1. The van der Waals surface area contributed by atoms with Crippen molar-refractivity contribution in [3.8, 4) is 0 Å². The third-order valence-corrected chi connectivity index (χ3v) is 5.05. The quantitative estimate of drug-likeness (QED) is 0.549. The van der Waals surface area contributed by atoms with Gasteiger partial charge >= 0.3 is 0 Å². The van der Waals surface area contributed by atoms with E-state index in [1.807, 2.05) is 18.2 Å². The number of hydrogen-bond donors (Lipinski definition) is 2. The number of H-pyrrole nitrogens is 1. The molecular formula is C19H25N3O3S. The molecule has 1 amide bonds. The molecule has 1 aliphatic rings. The van der Waals surface area contributed by atoms with Crippen LogP contribution in [0.15, 0.2) is 29.1 Å². The van der Waals surface area contributed by atoms with E-state index in [1.54, 1.807) is 10.6 Å². The number of para-hydroxylation sites is 1. The molecule has 1 aromatic carbocycles. The van der Waals surface area contributed by atoms with E-state index < -0.39 is 0 Å². The molecule has 1 unspecified atom stereocenters. The van der Waals surface area contributed by atoms with Crippen LogP contribution in [0.1, 0.15) is 38.5 Å². The van der Waals surface area contributed by atoms with Gasteiger partial charge in [-0.3, -0.25) is 14.2 Å². The second kappa shape index (κ2) is 9.09. The summed E-state index contributed by atoms with van der Waals surface area (Å²) in [6, 6.07) is 7.38. The Morgan fingerprint density at radius 2 is 2.15 bits per heavy atom. The maximum atomic E-state index is 12.5. The van der Waals surface area contributed by atoms with E-state index in [9.17, 15) is 9.59 Å². The van der Waals surface area contributed by atoms with Gasteiger partial charge in [0.05, 0.1) is 17.0 Å². The molecule has 0 bridgehead atoms. The molecule has 1 saturated heterocycles. The van der Waals surface area contributed by atoms with Gasteiger partial charge in [-0.1, -0.05) is 18.6 Å². The van der Waals surface area contributed by atoms with Crippen molar-refractivity contribution in [1.29, 1.82) is 0 Å². The summed E-state index contributed by atoms with van der Waals surface area (Å²) in [5, 5.41) is 3.58. The molecule has 1 atom stereocenters. The highest BCUT2D eigenvalue weighted by atomic mass is 32.1. The lowest BCUT2D eigenvalue weighted by molar-refractivity contribution is -0.121. The highest BCUT2D eigenvalue weighted by Gasteiger charge is 2.15. The van der Waals surface area contributed by atoms with Gasteiger partial charge in [-0.05, 0) is 50.0 Å². The van der Waals surface area contributed by atoms with Crippen molar-refractivity contribution in [2.75, 3.05) is 13.2 Å². The second-order valence-corrected chi connectivity index (χ2v) is 7.07. The van der Waals surface area contributed by atoms with Crippen LogP contribution in [0.25, 0.3) is 10.9 Å². The van der Waals surface area contributed by atoms with E-state index in [1.165, 1.54) is 0 Å². The van der Waals surface area contributed by atoms with E-state index >= 15 is 0 Å². The van der Waals surface area contributed by atoms with Crippen LogP contribution in [-0.4, -0.2) is 34.7 Å². The fourth-order valence-corrected chi connectivity index (χ4v) is 3.54. The Morgan fingerprint density at radius 1 is 1.31 bits per heavy atom. The summed E-state index contributed by atoms with van der Waals surface area (Å²) in [5.74, 6) is 0.0701. The summed E-state index contributed by atoms with van der Waals surface area (Å²) in [4.78, 5) is 27.5. The Labute approximate surface area is 157 Å². The van der Waals surface area contributed by atoms with Crippen molar-refractivity contribution in [2.45, 2.75) is 51.2 Å². The molecule has 0 radical (unpaired) electrons. The van der Waals surface area contributed by atoms with Crippen molar-refractivity contribution in [1.82, 2.24) is 14.9 Å². The monoisotopic (exact) mass is 375 g/mol. The fraction of sp³-hybridized carbons (Fsp3) is 0.526. The number of fused-ring (bicyclic) bond motifs is 1. The van der Waals surface area contributed by atoms with E-state index in [0.717, 1.165) is 44.2 Å². The Bertz CT molecular complexity index is 868. The van der Waals surface area contributed by atoms with Gasteiger partial charge in [0, 0.05) is 26.1 Å². The average Bonchev–Trinajstić information content (AvgIpc) is 3.15. The first kappa shape index (κ1) is 18.8. The van der Waals surface area contributed by atoms with Crippen LogP contribution >= 0.6 is 12.2 Å². The molecule has 2 N–H and O–H groups in total.